The molecule has 0 N–H and O–H groups in total. The van der Waals surface area contributed by atoms with Gasteiger partial charge in [0.05, 0.1) is 5.69 Å². The molecule has 0 atom stereocenters. The van der Waals surface area contributed by atoms with Gasteiger partial charge in [-0.3, -0.25) is 0 Å². The molecule has 0 spiro atoms. The molecule has 0 aliphatic heterocycles. The van der Waals surface area contributed by atoms with E-state index in [4.69, 9.17) is 10.00 Å². The van der Waals surface area contributed by atoms with Gasteiger partial charge in [-0.2, -0.15) is 10.4 Å². The summed E-state index contributed by atoms with van der Waals surface area (Å²) in [6.45, 7) is 5.66. The first-order valence-corrected chi connectivity index (χ1v) is 5.60. The van der Waals surface area contributed by atoms with Crippen LogP contribution in [0.25, 0.3) is 0 Å². The van der Waals surface area contributed by atoms with Crippen LogP contribution in [-0.4, -0.2) is 10.2 Å². The molecule has 4 heteroatoms. The Labute approximate surface area is 106 Å². The van der Waals surface area contributed by atoms with Crippen LogP contribution in [0.15, 0.2) is 24.3 Å². The van der Waals surface area contributed by atoms with Crippen LogP contribution in [0.2, 0.25) is 0 Å². The molecule has 2 rings (SSSR count). The van der Waals surface area contributed by atoms with E-state index < -0.39 is 0 Å². The zero-order valence-corrected chi connectivity index (χ0v) is 10.6. The van der Waals surface area contributed by atoms with Crippen molar-refractivity contribution < 1.29 is 4.74 Å². The first kappa shape index (κ1) is 12.1. The second-order valence-electron chi connectivity index (χ2n) is 4.12. The second kappa shape index (κ2) is 4.84. The van der Waals surface area contributed by atoms with Gasteiger partial charge in [-0.15, -0.1) is 5.10 Å². The number of nitrogens with zero attached hydrogens (tertiary/aromatic N) is 3. The Balaban J connectivity index is 2.38. The highest BCUT2D eigenvalue weighted by atomic mass is 16.5. The maximum Gasteiger partial charge on any atom is 0.257 e. The standard InChI is InChI=1S/C14H13N3O/c1-9-4-6-12(7-5-9)18-14-13(8-15)10(2)11(3)16-17-14/h4-7H,1-3H3. The minimum atomic E-state index is 0.254. The molecule has 0 saturated heterocycles. The van der Waals surface area contributed by atoms with E-state index in [1.54, 1.807) is 0 Å². The Bertz CT molecular complexity index is 612. The van der Waals surface area contributed by atoms with Crippen LogP contribution in [0.3, 0.4) is 0 Å². The van der Waals surface area contributed by atoms with E-state index in [0.29, 0.717) is 11.3 Å². The smallest absolute Gasteiger partial charge is 0.257 e. The molecule has 0 bridgehead atoms. The van der Waals surface area contributed by atoms with Gasteiger partial charge in [0.15, 0.2) is 0 Å². The molecule has 0 saturated carbocycles. The van der Waals surface area contributed by atoms with Gasteiger partial charge >= 0.3 is 0 Å². The van der Waals surface area contributed by atoms with Gasteiger partial charge in [-0.05, 0) is 38.5 Å². The third-order valence-corrected chi connectivity index (χ3v) is 2.77. The van der Waals surface area contributed by atoms with E-state index in [1.807, 2.05) is 45.0 Å². The van der Waals surface area contributed by atoms with Gasteiger partial charge in [-0.25, -0.2) is 0 Å². The van der Waals surface area contributed by atoms with Crippen LogP contribution in [0, 0.1) is 32.1 Å². The summed E-state index contributed by atoms with van der Waals surface area (Å²) in [5, 5.41) is 17.1. The van der Waals surface area contributed by atoms with Crippen molar-refractivity contribution in [1.82, 2.24) is 10.2 Å². The highest BCUT2D eigenvalue weighted by Crippen LogP contribution is 2.25. The predicted molar refractivity (Wildman–Crippen MR) is 67.5 cm³/mol. The summed E-state index contributed by atoms with van der Waals surface area (Å²) in [5.41, 5.74) is 3.12. The van der Waals surface area contributed by atoms with Gasteiger partial charge in [0.25, 0.3) is 5.88 Å². The number of rotatable bonds is 2. The second-order valence-corrected chi connectivity index (χ2v) is 4.12. The van der Waals surface area contributed by atoms with E-state index >= 15 is 0 Å². The number of nitriles is 1. The average molecular weight is 239 g/mol. The molecule has 0 aliphatic carbocycles. The summed E-state index contributed by atoms with van der Waals surface area (Å²) in [6.07, 6.45) is 0. The minimum Gasteiger partial charge on any atom is -0.437 e. The number of aromatic nitrogens is 2. The summed E-state index contributed by atoms with van der Waals surface area (Å²) in [4.78, 5) is 0. The fourth-order valence-corrected chi connectivity index (χ4v) is 1.51. The Morgan fingerprint density at radius 1 is 1.06 bits per heavy atom. The Hall–Kier alpha value is -2.41. The zero-order valence-electron chi connectivity index (χ0n) is 10.6. The monoisotopic (exact) mass is 239 g/mol. The predicted octanol–water partition coefficient (Wildman–Crippen LogP) is 3.07. The molecule has 90 valence electrons. The van der Waals surface area contributed by atoms with E-state index in [9.17, 15) is 0 Å². The van der Waals surface area contributed by atoms with Gasteiger partial charge in [-0.1, -0.05) is 17.7 Å². The van der Waals surface area contributed by atoms with Crippen LogP contribution in [0.1, 0.15) is 22.4 Å². The molecule has 0 aliphatic rings. The van der Waals surface area contributed by atoms with Crippen molar-refractivity contribution in [3.63, 3.8) is 0 Å². The van der Waals surface area contributed by atoms with Crippen molar-refractivity contribution in [2.75, 3.05) is 0 Å². The summed E-state index contributed by atoms with van der Waals surface area (Å²) in [5.74, 6) is 0.902. The maximum absolute atomic E-state index is 9.15. The molecule has 1 aromatic heterocycles. The maximum atomic E-state index is 9.15. The van der Waals surface area contributed by atoms with E-state index in [2.05, 4.69) is 16.3 Å². The number of hydrogen-bond acceptors (Lipinski definition) is 4. The lowest BCUT2D eigenvalue weighted by atomic mass is 10.1. The number of benzene rings is 1. The number of aryl methyl sites for hydroxylation is 2. The van der Waals surface area contributed by atoms with Crippen molar-refractivity contribution in [3.05, 3.63) is 46.6 Å². The van der Waals surface area contributed by atoms with Crippen molar-refractivity contribution in [1.29, 1.82) is 5.26 Å². The van der Waals surface area contributed by atoms with Crippen LogP contribution >= 0.6 is 0 Å². The molecule has 4 nitrogen and oxygen atoms in total. The normalized spacial score (nSPS) is 9.89. The number of hydrogen-bond donors (Lipinski definition) is 0. The van der Waals surface area contributed by atoms with Crippen molar-refractivity contribution >= 4 is 0 Å². The highest BCUT2D eigenvalue weighted by Gasteiger charge is 2.12. The number of ether oxygens (including phenoxy) is 1. The quantitative estimate of drug-likeness (QED) is 0.808. The first-order valence-electron chi connectivity index (χ1n) is 5.60. The third kappa shape index (κ3) is 2.30. The summed E-state index contributed by atoms with van der Waals surface area (Å²) < 4.78 is 5.60. The SMILES string of the molecule is Cc1ccc(Oc2nnc(C)c(C)c2C#N)cc1. The molecule has 2 aromatic rings. The topological polar surface area (TPSA) is 58.8 Å². The Morgan fingerprint density at radius 3 is 2.33 bits per heavy atom. The summed E-state index contributed by atoms with van der Waals surface area (Å²) in [6, 6.07) is 9.67. The van der Waals surface area contributed by atoms with E-state index in [0.717, 1.165) is 16.8 Å². The van der Waals surface area contributed by atoms with Crippen LogP contribution < -0.4 is 4.74 Å². The molecule has 0 amide bonds. The lowest BCUT2D eigenvalue weighted by Crippen LogP contribution is -2.00. The molecule has 0 unspecified atom stereocenters. The molecule has 1 heterocycles. The van der Waals surface area contributed by atoms with Gasteiger partial charge < -0.3 is 4.74 Å². The van der Waals surface area contributed by atoms with Crippen molar-refractivity contribution in [3.8, 4) is 17.7 Å². The lowest BCUT2D eigenvalue weighted by Gasteiger charge is -2.08. The van der Waals surface area contributed by atoms with E-state index in [-0.39, 0.29) is 5.88 Å². The fourth-order valence-electron chi connectivity index (χ4n) is 1.51. The Kier molecular flexibility index (Phi) is 3.24. The van der Waals surface area contributed by atoms with Gasteiger partial charge in [0, 0.05) is 0 Å². The van der Waals surface area contributed by atoms with Crippen molar-refractivity contribution in [2.45, 2.75) is 20.8 Å². The lowest BCUT2D eigenvalue weighted by molar-refractivity contribution is 0.451. The molecular weight excluding hydrogens is 226 g/mol. The zero-order chi connectivity index (χ0) is 13.1. The third-order valence-electron chi connectivity index (χ3n) is 2.77. The average Bonchev–Trinajstić information content (AvgIpc) is 2.37. The highest BCUT2D eigenvalue weighted by molar-refractivity contribution is 5.46. The first-order chi connectivity index (χ1) is 8.61. The molecule has 0 radical (unpaired) electrons. The van der Waals surface area contributed by atoms with Crippen molar-refractivity contribution in [2.24, 2.45) is 0 Å². The Morgan fingerprint density at radius 2 is 1.72 bits per heavy atom. The molecule has 18 heavy (non-hydrogen) atoms. The van der Waals surface area contributed by atoms with Gasteiger partial charge in [0.2, 0.25) is 0 Å². The van der Waals surface area contributed by atoms with E-state index in [1.165, 1.54) is 0 Å². The van der Waals surface area contributed by atoms with Crippen LogP contribution in [0.4, 0.5) is 0 Å². The summed E-state index contributed by atoms with van der Waals surface area (Å²) >= 11 is 0. The molecule has 1 aromatic carbocycles. The molecular formula is C14H13N3O. The largest absolute Gasteiger partial charge is 0.437 e. The van der Waals surface area contributed by atoms with Crippen LogP contribution in [0.5, 0.6) is 11.6 Å². The van der Waals surface area contributed by atoms with Gasteiger partial charge in [0.1, 0.15) is 17.4 Å². The van der Waals surface area contributed by atoms with Crippen LogP contribution in [-0.2, 0) is 0 Å². The minimum absolute atomic E-state index is 0.254. The molecule has 0 fully saturated rings. The fraction of sp³-hybridized carbons (Fsp3) is 0.214. The summed E-state index contributed by atoms with van der Waals surface area (Å²) in [7, 11) is 0.